The molecule has 0 aromatic heterocycles. The minimum atomic E-state index is -0.381. The van der Waals surface area contributed by atoms with Gasteiger partial charge in [-0.15, -0.1) is 0 Å². The molecule has 2 N–H and O–H groups in total. The number of halogens is 2. The van der Waals surface area contributed by atoms with Crippen molar-refractivity contribution in [2.45, 2.75) is 13.5 Å². The number of carbonyl (C=O) groups is 2. The van der Waals surface area contributed by atoms with Gasteiger partial charge in [-0.3, -0.25) is 9.59 Å². The number of amides is 1. The lowest BCUT2D eigenvalue weighted by molar-refractivity contribution is -0.140. The summed E-state index contributed by atoms with van der Waals surface area (Å²) >= 11 is 11.8. The molecule has 0 aliphatic heterocycles. The number of ether oxygens (including phenoxy) is 1. The molecule has 0 aliphatic carbocycles. The minimum absolute atomic E-state index is 0.00900. The summed E-state index contributed by atoms with van der Waals surface area (Å²) in [5.41, 5.74) is 1.83. The van der Waals surface area contributed by atoms with E-state index in [4.69, 9.17) is 27.9 Å². The van der Waals surface area contributed by atoms with Crippen molar-refractivity contribution in [3.63, 3.8) is 0 Å². The molecule has 7 heteroatoms. The maximum atomic E-state index is 12.4. The lowest BCUT2D eigenvalue weighted by atomic mass is 10.1. The van der Waals surface area contributed by atoms with E-state index < -0.39 is 0 Å². The van der Waals surface area contributed by atoms with Crippen LogP contribution in [0.1, 0.15) is 22.8 Å². The first-order valence-electron chi connectivity index (χ1n) is 7.72. The maximum absolute atomic E-state index is 12.4. The predicted octanol–water partition coefficient (Wildman–Crippen LogP) is 3.90. The van der Waals surface area contributed by atoms with Gasteiger partial charge < -0.3 is 15.4 Å². The summed E-state index contributed by atoms with van der Waals surface area (Å²) in [7, 11) is 0. The van der Waals surface area contributed by atoms with Crippen LogP contribution in [0.5, 0.6) is 0 Å². The van der Waals surface area contributed by atoms with E-state index in [1.807, 2.05) is 0 Å². The third-order valence-electron chi connectivity index (χ3n) is 3.34. The normalized spacial score (nSPS) is 10.2. The van der Waals surface area contributed by atoms with Gasteiger partial charge in [-0.1, -0.05) is 41.4 Å². The highest BCUT2D eigenvalue weighted by molar-refractivity contribution is 6.42. The Morgan fingerprint density at radius 3 is 2.56 bits per heavy atom. The van der Waals surface area contributed by atoms with Crippen molar-refractivity contribution in [2.24, 2.45) is 0 Å². The first-order chi connectivity index (χ1) is 12.0. The standard InChI is InChI=1S/C18H18Cl2N2O3/c1-2-25-17(23)11-21-16-6-4-3-5-13(16)18(24)22-10-12-7-8-14(19)15(20)9-12/h3-9,21H,2,10-11H2,1H3,(H,22,24). The number of para-hydroxylation sites is 1. The monoisotopic (exact) mass is 380 g/mol. The van der Waals surface area contributed by atoms with E-state index in [1.54, 1.807) is 49.4 Å². The number of hydrogen-bond donors (Lipinski definition) is 2. The van der Waals surface area contributed by atoms with Gasteiger partial charge in [0.05, 0.1) is 22.2 Å². The fourth-order valence-corrected chi connectivity index (χ4v) is 2.46. The van der Waals surface area contributed by atoms with Gasteiger partial charge in [0, 0.05) is 12.2 Å². The van der Waals surface area contributed by atoms with Gasteiger partial charge in [0.25, 0.3) is 5.91 Å². The van der Waals surface area contributed by atoms with Gasteiger partial charge in [0.15, 0.2) is 0 Å². The van der Waals surface area contributed by atoms with Gasteiger partial charge in [-0.2, -0.15) is 0 Å². The fourth-order valence-electron chi connectivity index (χ4n) is 2.14. The Balaban J connectivity index is 2.01. The van der Waals surface area contributed by atoms with Crippen LogP contribution in [0.4, 0.5) is 5.69 Å². The molecule has 0 atom stereocenters. The second kappa shape index (κ2) is 9.30. The van der Waals surface area contributed by atoms with Gasteiger partial charge in [-0.25, -0.2) is 0 Å². The van der Waals surface area contributed by atoms with Crippen molar-refractivity contribution in [1.82, 2.24) is 5.32 Å². The molecule has 0 saturated heterocycles. The van der Waals surface area contributed by atoms with Crippen molar-refractivity contribution in [1.29, 1.82) is 0 Å². The number of anilines is 1. The van der Waals surface area contributed by atoms with Crippen LogP contribution in [0, 0.1) is 0 Å². The Morgan fingerprint density at radius 1 is 1.08 bits per heavy atom. The van der Waals surface area contributed by atoms with Crippen LogP contribution in [-0.4, -0.2) is 25.0 Å². The van der Waals surface area contributed by atoms with Crippen molar-refractivity contribution < 1.29 is 14.3 Å². The van der Waals surface area contributed by atoms with Crippen molar-refractivity contribution in [3.8, 4) is 0 Å². The lowest BCUT2D eigenvalue weighted by Crippen LogP contribution is -2.25. The Kier molecular flexibility index (Phi) is 7.10. The topological polar surface area (TPSA) is 67.4 Å². The molecule has 5 nitrogen and oxygen atoms in total. The number of nitrogens with one attached hydrogen (secondary N) is 2. The third kappa shape index (κ3) is 5.66. The number of esters is 1. The van der Waals surface area contributed by atoms with E-state index in [-0.39, 0.29) is 18.4 Å². The van der Waals surface area contributed by atoms with E-state index in [9.17, 15) is 9.59 Å². The molecule has 132 valence electrons. The summed E-state index contributed by atoms with van der Waals surface area (Å²) in [6.07, 6.45) is 0. The average molecular weight is 381 g/mol. The van der Waals surface area contributed by atoms with Gasteiger partial charge in [0.2, 0.25) is 0 Å². The molecular formula is C18H18Cl2N2O3. The average Bonchev–Trinajstić information content (AvgIpc) is 2.61. The van der Waals surface area contributed by atoms with Crippen LogP contribution in [0.2, 0.25) is 10.0 Å². The van der Waals surface area contributed by atoms with E-state index in [0.717, 1.165) is 5.56 Å². The van der Waals surface area contributed by atoms with Crippen LogP contribution in [0.25, 0.3) is 0 Å². The molecule has 0 saturated carbocycles. The molecular weight excluding hydrogens is 363 g/mol. The first-order valence-corrected chi connectivity index (χ1v) is 8.47. The number of hydrogen-bond acceptors (Lipinski definition) is 4. The SMILES string of the molecule is CCOC(=O)CNc1ccccc1C(=O)NCc1ccc(Cl)c(Cl)c1. The highest BCUT2D eigenvalue weighted by atomic mass is 35.5. The van der Waals surface area contributed by atoms with Crippen molar-refractivity contribution >= 4 is 40.8 Å². The summed E-state index contributed by atoms with van der Waals surface area (Å²) in [6.45, 7) is 2.35. The molecule has 0 bridgehead atoms. The van der Waals surface area contributed by atoms with Gasteiger partial charge in [0.1, 0.15) is 6.54 Å². The second-order valence-corrected chi connectivity index (χ2v) is 5.95. The van der Waals surface area contributed by atoms with Crippen molar-refractivity contribution in [2.75, 3.05) is 18.5 Å². The minimum Gasteiger partial charge on any atom is -0.465 e. The van der Waals surface area contributed by atoms with Gasteiger partial charge in [-0.05, 0) is 36.8 Å². The second-order valence-electron chi connectivity index (χ2n) is 5.14. The summed E-state index contributed by atoms with van der Waals surface area (Å²) in [4.78, 5) is 23.9. The van der Waals surface area contributed by atoms with E-state index in [0.29, 0.717) is 34.4 Å². The molecule has 0 heterocycles. The maximum Gasteiger partial charge on any atom is 0.325 e. The van der Waals surface area contributed by atoms with Crippen LogP contribution in [0.3, 0.4) is 0 Å². The zero-order chi connectivity index (χ0) is 18.2. The number of rotatable bonds is 7. The molecule has 0 unspecified atom stereocenters. The summed E-state index contributed by atoms with van der Waals surface area (Å²) in [6, 6.07) is 12.1. The largest absolute Gasteiger partial charge is 0.465 e. The quantitative estimate of drug-likeness (QED) is 0.714. The van der Waals surface area contributed by atoms with Gasteiger partial charge >= 0.3 is 5.97 Å². The van der Waals surface area contributed by atoms with E-state index >= 15 is 0 Å². The van der Waals surface area contributed by atoms with E-state index in [2.05, 4.69) is 10.6 Å². The molecule has 0 fully saturated rings. The molecule has 1 amide bonds. The van der Waals surface area contributed by atoms with Crippen LogP contribution < -0.4 is 10.6 Å². The van der Waals surface area contributed by atoms with Crippen LogP contribution >= 0.6 is 23.2 Å². The zero-order valence-electron chi connectivity index (χ0n) is 13.6. The molecule has 25 heavy (non-hydrogen) atoms. The number of carbonyl (C=O) groups excluding carboxylic acids is 2. The van der Waals surface area contributed by atoms with Crippen LogP contribution in [0.15, 0.2) is 42.5 Å². The third-order valence-corrected chi connectivity index (χ3v) is 4.08. The Hall–Kier alpha value is -2.24. The highest BCUT2D eigenvalue weighted by Gasteiger charge is 2.12. The Bertz CT molecular complexity index is 766. The summed E-state index contributed by atoms with van der Waals surface area (Å²) in [5, 5.41) is 6.64. The zero-order valence-corrected chi connectivity index (χ0v) is 15.2. The van der Waals surface area contributed by atoms with E-state index in [1.165, 1.54) is 0 Å². The molecule has 0 aliphatic rings. The smallest absolute Gasteiger partial charge is 0.325 e. The van der Waals surface area contributed by atoms with Crippen LogP contribution in [-0.2, 0) is 16.1 Å². The highest BCUT2D eigenvalue weighted by Crippen LogP contribution is 2.22. The predicted molar refractivity (Wildman–Crippen MR) is 99.2 cm³/mol. The Morgan fingerprint density at radius 2 is 1.84 bits per heavy atom. The first kappa shape index (κ1) is 19.1. The fraction of sp³-hybridized carbons (Fsp3) is 0.222. The summed E-state index contributed by atoms with van der Waals surface area (Å²) < 4.78 is 4.86. The lowest BCUT2D eigenvalue weighted by Gasteiger charge is -2.12. The van der Waals surface area contributed by atoms with Crippen molar-refractivity contribution in [3.05, 3.63) is 63.6 Å². The number of benzene rings is 2. The Labute approximate surface area is 156 Å². The molecule has 2 aromatic carbocycles. The summed E-state index contributed by atoms with van der Waals surface area (Å²) in [5.74, 6) is -0.647. The molecule has 2 aromatic rings. The molecule has 2 rings (SSSR count). The molecule has 0 spiro atoms. The molecule has 0 radical (unpaired) electrons.